The molecular weight excluding hydrogens is 186 g/mol. The number of rotatable bonds is 3. The van der Waals surface area contributed by atoms with Gasteiger partial charge < -0.3 is 5.32 Å². The fraction of sp³-hybridized carbons (Fsp3) is 0.750. The zero-order valence-electron chi connectivity index (χ0n) is 10.8. The number of nitrogens with one attached hydrogen (secondary N) is 1. The van der Waals surface area contributed by atoms with Crippen LogP contribution in [-0.2, 0) is 13.6 Å². The van der Waals surface area contributed by atoms with Gasteiger partial charge in [-0.2, -0.15) is 5.10 Å². The van der Waals surface area contributed by atoms with E-state index in [1.807, 2.05) is 17.9 Å². The van der Waals surface area contributed by atoms with Crippen molar-refractivity contribution in [3.8, 4) is 0 Å². The van der Waals surface area contributed by atoms with Gasteiger partial charge in [0.2, 0.25) is 0 Å². The van der Waals surface area contributed by atoms with Crippen molar-refractivity contribution >= 4 is 0 Å². The van der Waals surface area contributed by atoms with Gasteiger partial charge in [0.25, 0.3) is 0 Å². The van der Waals surface area contributed by atoms with Crippen molar-refractivity contribution in [2.75, 3.05) is 0 Å². The van der Waals surface area contributed by atoms with Crippen molar-refractivity contribution in [3.05, 3.63) is 17.5 Å². The maximum atomic E-state index is 4.23. The van der Waals surface area contributed by atoms with Crippen LogP contribution in [0.2, 0.25) is 0 Å². The molecule has 0 amide bonds. The van der Waals surface area contributed by atoms with Gasteiger partial charge in [0, 0.05) is 30.9 Å². The van der Waals surface area contributed by atoms with E-state index in [-0.39, 0.29) is 0 Å². The first-order valence-corrected chi connectivity index (χ1v) is 5.53. The predicted octanol–water partition coefficient (Wildman–Crippen LogP) is 2.25. The molecule has 1 rings (SSSR count). The highest BCUT2D eigenvalue weighted by Crippen LogP contribution is 2.19. The predicted molar refractivity (Wildman–Crippen MR) is 63.7 cm³/mol. The molecule has 0 aliphatic rings. The second kappa shape index (κ2) is 4.35. The summed E-state index contributed by atoms with van der Waals surface area (Å²) in [5.41, 5.74) is 2.83. The highest BCUT2D eigenvalue weighted by Gasteiger charge is 2.19. The molecule has 1 aromatic rings. The van der Waals surface area contributed by atoms with E-state index in [4.69, 9.17) is 0 Å². The van der Waals surface area contributed by atoms with Gasteiger partial charge in [0.1, 0.15) is 0 Å². The van der Waals surface area contributed by atoms with E-state index in [0.29, 0.717) is 11.5 Å². The number of nitrogens with zero attached hydrogens (tertiary/aromatic N) is 2. The molecule has 0 aliphatic carbocycles. The molecule has 0 fully saturated rings. The lowest BCUT2D eigenvalue weighted by atomic mass is 9.88. The lowest BCUT2D eigenvalue weighted by molar-refractivity contribution is 0.285. The molecule has 86 valence electrons. The van der Waals surface area contributed by atoms with Crippen LogP contribution in [0.4, 0.5) is 0 Å². The van der Waals surface area contributed by atoms with E-state index in [2.05, 4.69) is 45.0 Å². The highest BCUT2D eigenvalue weighted by atomic mass is 15.3. The second-order valence-electron chi connectivity index (χ2n) is 5.35. The largest absolute Gasteiger partial charge is 0.310 e. The molecule has 1 heterocycles. The Bertz CT molecular complexity index is 320. The minimum Gasteiger partial charge on any atom is -0.310 e. The molecule has 3 nitrogen and oxygen atoms in total. The van der Waals surface area contributed by atoms with Gasteiger partial charge in [-0.05, 0) is 19.3 Å². The summed E-state index contributed by atoms with van der Waals surface area (Å²) in [6.45, 7) is 12.0. The van der Waals surface area contributed by atoms with Crippen LogP contribution < -0.4 is 5.32 Å². The Hall–Kier alpha value is -0.830. The van der Waals surface area contributed by atoms with Crippen molar-refractivity contribution in [3.63, 3.8) is 0 Å². The Labute approximate surface area is 92.9 Å². The average molecular weight is 209 g/mol. The third-order valence-electron chi connectivity index (χ3n) is 3.23. The summed E-state index contributed by atoms with van der Waals surface area (Å²) in [6.07, 6.45) is 1.94. The fourth-order valence-electron chi connectivity index (χ4n) is 1.29. The summed E-state index contributed by atoms with van der Waals surface area (Å²) in [4.78, 5) is 0. The van der Waals surface area contributed by atoms with Gasteiger partial charge in [-0.25, -0.2) is 0 Å². The van der Waals surface area contributed by atoms with E-state index in [0.717, 1.165) is 6.54 Å². The highest BCUT2D eigenvalue weighted by molar-refractivity contribution is 5.15. The van der Waals surface area contributed by atoms with Crippen molar-refractivity contribution in [1.82, 2.24) is 15.1 Å². The summed E-state index contributed by atoms with van der Waals surface area (Å²) in [5, 5.41) is 7.77. The van der Waals surface area contributed by atoms with Crippen LogP contribution in [0.3, 0.4) is 0 Å². The van der Waals surface area contributed by atoms with Gasteiger partial charge in [-0.1, -0.05) is 20.8 Å². The van der Waals surface area contributed by atoms with Gasteiger partial charge in [0.05, 0.1) is 6.20 Å². The summed E-state index contributed by atoms with van der Waals surface area (Å²) in [7, 11) is 1.98. The van der Waals surface area contributed by atoms with Crippen LogP contribution in [0.1, 0.15) is 39.0 Å². The maximum Gasteiger partial charge on any atom is 0.0537 e. The smallest absolute Gasteiger partial charge is 0.0537 e. The molecule has 1 unspecified atom stereocenters. The Balaban J connectivity index is 2.55. The first kappa shape index (κ1) is 12.2. The molecule has 0 saturated heterocycles. The van der Waals surface area contributed by atoms with E-state index < -0.39 is 0 Å². The summed E-state index contributed by atoms with van der Waals surface area (Å²) < 4.78 is 1.92. The zero-order valence-corrected chi connectivity index (χ0v) is 10.8. The maximum absolute atomic E-state index is 4.23. The van der Waals surface area contributed by atoms with Gasteiger partial charge >= 0.3 is 0 Å². The molecular formula is C12H23N3. The minimum absolute atomic E-state index is 0.302. The Morgan fingerprint density at radius 1 is 1.47 bits per heavy atom. The van der Waals surface area contributed by atoms with Crippen molar-refractivity contribution in [2.24, 2.45) is 12.5 Å². The summed E-state index contributed by atoms with van der Waals surface area (Å²) >= 11 is 0. The van der Waals surface area contributed by atoms with Gasteiger partial charge in [-0.15, -0.1) is 0 Å². The molecule has 0 bridgehead atoms. The molecule has 1 N–H and O–H groups in total. The average Bonchev–Trinajstić information content (AvgIpc) is 2.43. The third kappa shape index (κ3) is 3.06. The zero-order chi connectivity index (χ0) is 11.6. The molecule has 0 saturated carbocycles. The Morgan fingerprint density at radius 3 is 2.47 bits per heavy atom. The lowest BCUT2D eigenvalue weighted by Gasteiger charge is -2.28. The SMILES string of the molecule is Cc1c(CNC(C)C(C)(C)C)cnn1C. The Morgan fingerprint density at radius 2 is 2.07 bits per heavy atom. The van der Waals surface area contributed by atoms with E-state index in [9.17, 15) is 0 Å². The monoisotopic (exact) mass is 209 g/mol. The van der Waals surface area contributed by atoms with Gasteiger partial charge in [-0.3, -0.25) is 4.68 Å². The van der Waals surface area contributed by atoms with Crippen LogP contribution in [0.25, 0.3) is 0 Å². The topological polar surface area (TPSA) is 29.9 Å². The normalized spacial score (nSPS) is 14.3. The van der Waals surface area contributed by atoms with Crippen LogP contribution in [-0.4, -0.2) is 15.8 Å². The number of aromatic nitrogens is 2. The fourth-order valence-corrected chi connectivity index (χ4v) is 1.29. The minimum atomic E-state index is 0.302. The molecule has 0 aromatic carbocycles. The molecule has 0 spiro atoms. The van der Waals surface area contributed by atoms with Gasteiger partial charge in [0.15, 0.2) is 0 Å². The second-order valence-corrected chi connectivity index (χ2v) is 5.35. The molecule has 15 heavy (non-hydrogen) atoms. The lowest BCUT2D eigenvalue weighted by Crippen LogP contribution is -2.37. The molecule has 0 radical (unpaired) electrons. The first-order valence-electron chi connectivity index (χ1n) is 5.53. The van der Waals surface area contributed by atoms with Crippen LogP contribution in [0.15, 0.2) is 6.20 Å². The van der Waals surface area contributed by atoms with Crippen LogP contribution in [0, 0.1) is 12.3 Å². The van der Waals surface area contributed by atoms with Crippen molar-refractivity contribution in [2.45, 2.75) is 47.2 Å². The van der Waals surface area contributed by atoms with Crippen LogP contribution >= 0.6 is 0 Å². The van der Waals surface area contributed by atoms with Crippen molar-refractivity contribution in [1.29, 1.82) is 0 Å². The Kier molecular flexibility index (Phi) is 3.55. The van der Waals surface area contributed by atoms with E-state index in [1.165, 1.54) is 11.3 Å². The summed E-state index contributed by atoms with van der Waals surface area (Å²) in [5.74, 6) is 0. The molecule has 1 atom stereocenters. The number of aryl methyl sites for hydroxylation is 1. The molecule has 3 heteroatoms. The molecule has 1 aromatic heterocycles. The third-order valence-corrected chi connectivity index (χ3v) is 3.23. The first-order chi connectivity index (χ1) is 6.82. The molecule has 0 aliphatic heterocycles. The van der Waals surface area contributed by atoms with E-state index in [1.54, 1.807) is 0 Å². The van der Waals surface area contributed by atoms with E-state index >= 15 is 0 Å². The summed E-state index contributed by atoms with van der Waals surface area (Å²) in [6, 6.07) is 0.497. The number of hydrogen-bond acceptors (Lipinski definition) is 2. The quantitative estimate of drug-likeness (QED) is 0.827. The number of hydrogen-bond donors (Lipinski definition) is 1. The van der Waals surface area contributed by atoms with Crippen LogP contribution in [0.5, 0.6) is 0 Å². The van der Waals surface area contributed by atoms with Crippen molar-refractivity contribution < 1.29 is 0 Å². The standard InChI is InChI=1S/C12H23N3/c1-9-11(8-14-15(9)6)7-13-10(2)12(3,4)5/h8,10,13H,7H2,1-6H3.